The van der Waals surface area contributed by atoms with E-state index in [1.807, 2.05) is 12.1 Å². The van der Waals surface area contributed by atoms with Crippen molar-refractivity contribution in [3.05, 3.63) is 57.3 Å². The normalized spacial score (nSPS) is 20.7. The molecule has 162 valence electrons. The second-order valence-corrected chi connectivity index (χ2v) is 10.1. The molecule has 1 N–H and O–H groups in total. The molecule has 30 heavy (non-hydrogen) atoms. The monoisotopic (exact) mass is 432 g/mol. The van der Waals surface area contributed by atoms with Crippen molar-refractivity contribution in [3.63, 3.8) is 0 Å². The Morgan fingerprint density at radius 1 is 1.23 bits per heavy atom. The number of nitrogens with one attached hydrogen (secondary N) is 1. The van der Waals surface area contributed by atoms with Gasteiger partial charge in [0.15, 0.2) is 0 Å². The highest BCUT2D eigenvalue weighted by molar-refractivity contribution is 7.88. The zero-order chi connectivity index (χ0) is 21.3. The van der Waals surface area contributed by atoms with E-state index in [4.69, 9.17) is 9.72 Å². The van der Waals surface area contributed by atoms with Crippen LogP contribution in [0.15, 0.2) is 29.1 Å². The van der Waals surface area contributed by atoms with Crippen LogP contribution in [0.4, 0.5) is 0 Å². The molecule has 9 heteroatoms. The summed E-state index contributed by atoms with van der Waals surface area (Å²) in [6.07, 6.45) is 3.68. The van der Waals surface area contributed by atoms with Gasteiger partial charge in [-0.3, -0.25) is 9.69 Å². The minimum absolute atomic E-state index is 0.102. The topological polar surface area (TPSA) is 95.6 Å². The van der Waals surface area contributed by atoms with Crippen LogP contribution in [0.2, 0.25) is 0 Å². The Kier molecular flexibility index (Phi) is 5.95. The number of nitrogens with zero attached hydrogens (tertiary/aromatic N) is 3. The maximum absolute atomic E-state index is 12.7. The van der Waals surface area contributed by atoms with E-state index in [0.717, 1.165) is 49.7 Å². The molecule has 1 atom stereocenters. The van der Waals surface area contributed by atoms with Gasteiger partial charge in [-0.25, -0.2) is 13.4 Å². The van der Waals surface area contributed by atoms with Gasteiger partial charge in [-0.05, 0) is 37.1 Å². The molecule has 1 aromatic carbocycles. The highest BCUT2D eigenvalue weighted by Crippen LogP contribution is 2.27. The fourth-order valence-corrected chi connectivity index (χ4v) is 5.09. The third-order valence-electron chi connectivity index (χ3n) is 5.98. The molecule has 2 aliphatic heterocycles. The summed E-state index contributed by atoms with van der Waals surface area (Å²) < 4.78 is 30.2. The molecule has 0 amide bonds. The van der Waals surface area contributed by atoms with Crippen LogP contribution < -0.4 is 10.3 Å². The molecule has 0 bridgehead atoms. The summed E-state index contributed by atoms with van der Waals surface area (Å²) in [6, 6.07) is 8.10. The molecule has 1 aromatic heterocycles. The molecule has 2 aromatic rings. The van der Waals surface area contributed by atoms with E-state index in [9.17, 15) is 13.2 Å². The van der Waals surface area contributed by atoms with E-state index in [1.54, 1.807) is 7.11 Å². The van der Waals surface area contributed by atoms with Crippen molar-refractivity contribution in [3.8, 4) is 5.75 Å². The van der Waals surface area contributed by atoms with Crippen LogP contribution in [-0.2, 0) is 29.5 Å². The number of fused-ring (bicyclic) bond motifs is 1. The first kappa shape index (κ1) is 21.0. The summed E-state index contributed by atoms with van der Waals surface area (Å²) in [5.41, 5.74) is 2.22. The summed E-state index contributed by atoms with van der Waals surface area (Å²) >= 11 is 0. The summed E-state index contributed by atoms with van der Waals surface area (Å²) in [4.78, 5) is 22.8. The van der Waals surface area contributed by atoms with Crippen molar-refractivity contribution >= 4 is 10.0 Å². The van der Waals surface area contributed by atoms with Gasteiger partial charge in [-0.15, -0.1) is 0 Å². The van der Waals surface area contributed by atoms with Gasteiger partial charge < -0.3 is 9.72 Å². The Bertz CT molecular complexity index is 1070. The lowest BCUT2D eigenvalue weighted by molar-refractivity contribution is 0.196. The summed E-state index contributed by atoms with van der Waals surface area (Å²) in [5, 5.41) is 0. The number of likely N-dealkylation sites (tertiary alicyclic amines) is 1. The average molecular weight is 433 g/mol. The van der Waals surface area contributed by atoms with Gasteiger partial charge in [0.1, 0.15) is 11.6 Å². The third-order valence-corrected chi connectivity index (χ3v) is 7.23. The van der Waals surface area contributed by atoms with Crippen LogP contribution in [0, 0.1) is 0 Å². The average Bonchev–Trinajstić information content (AvgIpc) is 2.73. The quantitative estimate of drug-likeness (QED) is 0.769. The van der Waals surface area contributed by atoms with Crippen LogP contribution in [0.25, 0.3) is 0 Å². The molecule has 4 rings (SSSR count). The summed E-state index contributed by atoms with van der Waals surface area (Å²) in [5.74, 6) is 1.74. The number of H-pyrrole nitrogens is 1. The number of hydrogen-bond acceptors (Lipinski definition) is 6. The lowest BCUT2D eigenvalue weighted by Crippen LogP contribution is -2.40. The molecular weight excluding hydrogens is 404 g/mol. The highest BCUT2D eigenvalue weighted by atomic mass is 32.2. The molecule has 1 fully saturated rings. The predicted molar refractivity (Wildman–Crippen MR) is 114 cm³/mol. The Hall–Kier alpha value is -2.23. The van der Waals surface area contributed by atoms with Gasteiger partial charge in [-0.1, -0.05) is 12.1 Å². The highest BCUT2D eigenvalue weighted by Gasteiger charge is 2.29. The molecule has 3 heterocycles. The molecule has 0 spiro atoms. The number of piperidine rings is 1. The van der Waals surface area contributed by atoms with Gasteiger partial charge in [0.25, 0.3) is 5.56 Å². The van der Waals surface area contributed by atoms with E-state index >= 15 is 0 Å². The zero-order valence-electron chi connectivity index (χ0n) is 17.4. The Morgan fingerprint density at radius 2 is 2.00 bits per heavy atom. The lowest BCUT2D eigenvalue weighted by Gasteiger charge is -2.33. The molecule has 8 nitrogen and oxygen atoms in total. The first-order chi connectivity index (χ1) is 14.3. The van der Waals surface area contributed by atoms with Crippen molar-refractivity contribution in [2.24, 2.45) is 0 Å². The first-order valence-corrected chi connectivity index (χ1v) is 12.1. The smallest absolute Gasteiger partial charge is 0.255 e. The number of aromatic amines is 1. The van der Waals surface area contributed by atoms with Crippen LogP contribution in [0.1, 0.15) is 41.4 Å². The van der Waals surface area contributed by atoms with Crippen LogP contribution >= 0.6 is 0 Å². The molecule has 0 saturated carbocycles. The van der Waals surface area contributed by atoms with Crippen LogP contribution in [-0.4, -0.2) is 60.6 Å². The number of aromatic nitrogens is 2. The maximum atomic E-state index is 12.7. The number of hydrogen-bond donors (Lipinski definition) is 1. The number of rotatable bonds is 5. The molecule has 0 unspecified atom stereocenters. The minimum Gasteiger partial charge on any atom is -0.497 e. The zero-order valence-corrected chi connectivity index (χ0v) is 18.2. The number of ether oxygens (including phenoxy) is 1. The predicted octanol–water partition coefficient (Wildman–Crippen LogP) is 1.48. The van der Waals surface area contributed by atoms with E-state index in [0.29, 0.717) is 18.5 Å². The van der Waals surface area contributed by atoms with E-state index in [2.05, 4.69) is 22.0 Å². The summed E-state index contributed by atoms with van der Waals surface area (Å²) in [6.45, 7) is 3.17. The summed E-state index contributed by atoms with van der Waals surface area (Å²) in [7, 11) is -1.66. The second kappa shape index (κ2) is 8.49. The second-order valence-electron chi connectivity index (χ2n) is 8.15. The van der Waals surface area contributed by atoms with Gasteiger partial charge in [0.05, 0.1) is 24.6 Å². The minimum atomic E-state index is -3.32. The van der Waals surface area contributed by atoms with Crippen LogP contribution in [0.5, 0.6) is 5.75 Å². The molecule has 2 aliphatic rings. The molecule has 1 saturated heterocycles. The first-order valence-electron chi connectivity index (χ1n) is 10.3. The van der Waals surface area contributed by atoms with Crippen molar-refractivity contribution < 1.29 is 13.2 Å². The Morgan fingerprint density at radius 3 is 2.70 bits per heavy atom. The molecule has 0 radical (unpaired) electrons. The fraction of sp³-hybridized carbons (Fsp3) is 0.524. The maximum Gasteiger partial charge on any atom is 0.255 e. The van der Waals surface area contributed by atoms with Crippen molar-refractivity contribution in [2.75, 3.05) is 33.0 Å². The van der Waals surface area contributed by atoms with E-state index < -0.39 is 10.0 Å². The van der Waals surface area contributed by atoms with E-state index in [-0.39, 0.29) is 18.0 Å². The van der Waals surface area contributed by atoms with Gasteiger partial charge in [0.2, 0.25) is 10.0 Å². The number of benzene rings is 1. The van der Waals surface area contributed by atoms with Gasteiger partial charge in [0, 0.05) is 38.5 Å². The lowest BCUT2D eigenvalue weighted by atomic mass is 9.96. The van der Waals surface area contributed by atoms with Gasteiger partial charge >= 0.3 is 0 Å². The number of sulfonamides is 1. The standard InChI is InChI=1S/C21H28N4O4S/c1-29-17-7-5-15(6-8-17)12-24-10-3-4-16(13-24)20-22-19-9-11-25(30(2,27)28)14-18(19)21(26)23-20/h5-8,16H,3-4,9-14H2,1-2H3,(H,22,23,26)/t16-/m0/s1. The Balaban J connectivity index is 1.48. The Labute approximate surface area is 176 Å². The van der Waals surface area contributed by atoms with Crippen LogP contribution in [0.3, 0.4) is 0 Å². The fourth-order valence-electron chi connectivity index (χ4n) is 4.31. The van der Waals surface area contributed by atoms with Gasteiger partial charge in [-0.2, -0.15) is 4.31 Å². The van der Waals surface area contributed by atoms with E-state index in [1.165, 1.54) is 16.1 Å². The molecular formula is C21H28N4O4S. The third kappa shape index (κ3) is 4.58. The largest absolute Gasteiger partial charge is 0.497 e. The SMILES string of the molecule is COc1ccc(CN2CCC[C@H](c3nc4c(c(=O)[nH]3)CN(S(C)(=O)=O)CC4)C2)cc1. The van der Waals surface area contributed by atoms with Crippen molar-refractivity contribution in [1.29, 1.82) is 0 Å². The number of methoxy groups -OCH3 is 1. The molecule has 0 aliphatic carbocycles. The van der Waals surface area contributed by atoms with Crippen molar-refractivity contribution in [2.45, 2.75) is 38.3 Å². The van der Waals surface area contributed by atoms with Crippen molar-refractivity contribution in [1.82, 2.24) is 19.2 Å².